The van der Waals surface area contributed by atoms with Gasteiger partial charge < -0.3 is 15.3 Å². The van der Waals surface area contributed by atoms with Crippen LogP contribution in [0.2, 0.25) is 0 Å². The van der Waals surface area contributed by atoms with Crippen LogP contribution in [0.1, 0.15) is 78.6 Å². The highest BCUT2D eigenvalue weighted by Crippen LogP contribution is 2.68. The summed E-state index contributed by atoms with van der Waals surface area (Å²) in [6, 6.07) is 0.760. The third-order valence-electron chi connectivity index (χ3n) is 12.1. The van der Waals surface area contributed by atoms with Crippen LogP contribution in [-0.2, 0) is 0 Å². The van der Waals surface area contributed by atoms with Crippen LogP contribution in [0, 0.1) is 52.8 Å². The summed E-state index contributed by atoms with van der Waals surface area (Å²) in [5, 5.41) is 33.8. The van der Waals surface area contributed by atoms with Gasteiger partial charge in [0.2, 0.25) is 0 Å². The molecule has 2 heterocycles. The number of aliphatic hydroxyl groups is 3. The summed E-state index contributed by atoms with van der Waals surface area (Å²) in [6.45, 7) is 9.76. The van der Waals surface area contributed by atoms with Crippen LogP contribution < -0.4 is 0 Å². The Balaban J connectivity index is 1.32. The van der Waals surface area contributed by atoms with Gasteiger partial charge in [0, 0.05) is 19.1 Å². The van der Waals surface area contributed by atoms with Gasteiger partial charge in [-0.1, -0.05) is 20.8 Å². The third kappa shape index (κ3) is 2.93. The standard InChI is InChI=1S/C27H45NO3/c1-15-4-5-24-16(2)18-7-9-27(31)20(19(18)14-28(24)13-15)11-21-22(27)12-25(30)23-10-17(29)6-8-26(21,23)3/h15-25,29-31H,4-14H2,1-3H3/t15-,16+,17-,18-,19+,20+,21+,22-,23+,24+,25-,26+,27-/m0/s1. The van der Waals surface area contributed by atoms with Gasteiger partial charge >= 0.3 is 0 Å². The fraction of sp³-hybridized carbons (Fsp3) is 1.00. The Morgan fingerprint density at radius 1 is 0.774 bits per heavy atom. The smallest absolute Gasteiger partial charge is 0.0711 e. The van der Waals surface area contributed by atoms with Crippen molar-refractivity contribution in [2.75, 3.05) is 13.1 Å². The number of hydrogen-bond donors (Lipinski definition) is 3. The molecular formula is C27H45NO3. The minimum absolute atomic E-state index is 0.0760. The maximum absolute atomic E-state index is 12.3. The number of rotatable bonds is 0. The Labute approximate surface area is 188 Å². The second-order valence-corrected chi connectivity index (χ2v) is 13.3. The molecule has 6 aliphatic rings. The van der Waals surface area contributed by atoms with Crippen LogP contribution >= 0.6 is 0 Å². The molecule has 2 aliphatic heterocycles. The molecule has 0 radical (unpaired) electrons. The second-order valence-electron chi connectivity index (χ2n) is 13.3. The molecule has 0 aromatic rings. The van der Waals surface area contributed by atoms with Crippen molar-refractivity contribution in [3.8, 4) is 0 Å². The molecule has 6 rings (SSSR count). The molecule has 6 fully saturated rings. The molecule has 3 N–H and O–H groups in total. The summed E-state index contributed by atoms with van der Waals surface area (Å²) in [5.41, 5.74) is -0.503. The first-order valence-electron chi connectivity index (χ1n) is 13.5. The average molecular weight is 432 g/mol. The van der Waals surface area contributed by atoms with E-state index in [9.17, 15) is 15.3 Å². The van der Waals surface area contributed by atoms with Crippen LogP contribution in [0.5, 0.6) is 0 Å². The maximum Gasteiger partial charge on any atom is 0.0711 e. The van der Waals surface area contributed by atoms with Gasteiger partial charge in [0.1, 0.15) is 0 Å². The van der Waals surface area contributed by atoms with Gasteiger partial charge in [0.05, 0.1) is 17.8 Å². The van der Waals surface area contributed by atoms with Gasteiger partial charge in [-0.15, -0.1) is 0 Å². The molecule has 0 aromatic carbocycles. The van der Waals surface area contributed by atoms with Crippen LogP contribution in [0.3, 0.4) is 0 Å². The Morgan fingerprint density at radius 2 is 1.58 bits per heavy atom. The molecule has 31 heavy (non-hydrogen) atoms. The highest BCUT2D eigenvalue weighted by molar-refractivity contribution is 5.17. The quantitative estimate of drug-likeness (QED) is 0.547. The highest BCUT2D eigenvalue weighted by atomic mass is 16.3. The molecular weight excluding hydrogens is 386 g/mol. The molecule has 13 atom stereocenters. The zero-order valence-corrected chi connectivity index (χ0v) is 19.9. The molecule has 176 valence electrons. The van der Waals surface area contributed by atoms with E-state index in [1.165, 1.54) is 32.4 Å². The van der Waals surface area contributed by atoms with E-state index in [0.29, 0.717) is 17.8 Å². The minimum Gasteiger partial charge on any atom is -0.393 e. The first-order chi connectivity index (χ1) is 14.7. The van der Waals surface area contributed by atoms with E-state index in [0.717, 1.165) is 62.3 Å². The molecule has 0 unspecified atom stereocenters. The third-order valence-corrected chi connectivity index (χ3v) is 12.1. The lowest BCUT2D eigenvalue weighted by molar-refractivity contribution is -0.176. The minimum atomic E-state index is -0.579. The van der Waals surface area contributed by atoms with Crippen LogP contribution in [0.25, 0.3) is 0 Å². The normalized spacial score (nSPS) is 61.5. The lowest BCUT2D eigenvalue weighted by Crippen LogP contribution is -2.62. The molecule has 4 heteroatoms. The van der Waals surface area contributed by atoms with E-state index in [4.69, 9.17) is 0 Å². The van der Waals surface area contributed by atoms with Crippen LogP contribution in [0.15, 0.2) is 0 Å². The van der Waals surface area contributed by atoms with Crippen LogP contribution in [-0.4, -0.2) is 57.2 Å². The topological polar surface area (TPSA) is 63.9 Å². The lowest BCUT2D eigenvalue weighted by atomic mass is 9.50. The highest BCUT2D eigenvalue weighted by Gasteiger charge is 2.67. The predicted molar refractivity (Wildman–Crippen MR) is 121 cm³/mol. The number of hydrogen-bond acceptors (Lipinski definition) is 4. The van der Waals surface area contributed by atoms with Crippen molar-refractivity contribution >= 4 is 0 Å². The van der Waals surface area contributed by atoms with Gasteiger partial charge in [-0.25, -0.2) is 0 Å². The molecule has 4 saturated carbocycles. The summed E-state index contributed by atoms with van der Waals surface area (Å²) < 4.78 is 0. The Bertz CT molecular complexity index is 713. The number of piperidine rings is 2. The fourth-order valence-electron chi connectivity index (χ4n) is 10.6. The summed E-state index contributed by atoms with van der Waals surface area (Å²) >= 11 is 0. The fourth-order valence-corrected chi connectivity index (χ4v) is 10.6. The van der Waals surface area contributed by atoms with Crippen LogP contribution in [0.4, 0.5) is 0 Å². The second kappa shape index (κ2) is 7.17. The van der Waals surface area contributed by atoms with Crippen molar-refractivity contribution in [2.24, 2.45) is 52.8 Å². The van der Waals surface area contributed by atoms with Gasteiger partial charge in [-0.2, -0.15) is 0 Å². The zero-order chi connectivity index (χ0) is 21.7. The lowest BCUT2D eigenvalue weighted by Gasteiger charge is -2.59. The monoisotopic (exact) mass is 431 g/mol. The van der Waals surface area contributed by atoms with Crippen molar-refractivity contribution in [2.45, 2.75) is 102 Å². The van der Waals surface area contributed by atoms with Gasteiger partial charge in [-0.05, 0) is 111 Å². The molecule has 0 aromatic heterocycles. The summed E-state index contributed by atoms with van der Waals surface area (Å²) in [4.78, 5) is 2.81. The zero-order valence-electron chi connectivity index (χ0n) is 19.9. The number of fused-ring (bicyclic) bond motifs is 8. The molecule has 4 aliphatic carbocycles. The summed E-state index contributed by atoms with van der Waals surface area (Å²) in [5.74, 6) is 4.30. The van der Waals surface area contributed by atoms with E-state index < -0.39 is 5.60 Å². The van der Waals surface area contributed by atoms with Crippen molar-refractivity contribution in [1.29, 1.82) is 0 Å². The first kappa shape index (κ1) is 21.4. The number of nitrogens with zero attached hydrogens (tertiary/aromatic N) is 1. The Kier molecular flexibility index (Phi) is 4.94. The molecule has 0 spiro atoms. The predicted octanol–water partition coefficient (Wildman–Crippen LogP) is 3.68. The number of aliphatic hydroxyl groups excluding tert-OH is 2. The Morgan fingerprint density at radius 3 is 2.39 bits per heavy atom. The first-order valence-corrected chi connectivity index (χ1v) is 13.5. The molecule has 4 nitrogen and oxygen atoms in total. The molecule has 0 amide bonds. The average Bonchev–Trinajstić information content (AvgIpc) is 3.03. The SMILES string of the molecule is C[C@H]1CC[C@@H]2[C@H](C)[C@@H]3CC[C@]4(O)[C@H](C[C@@H]5[C@@H]4C[C@H](O)[C@H]4C[C@@H](O)CC[C@@]45C)[C@@H]3CN2C1. The van der Waals surface area contributed by atoms with Gasteiger partial charge in [-0.3, -0.25) is 4.90 Å². The van der Waals surface area contributed by atoms with Gasteiger partial charge in [0.25, 0.3) is 0 Å². The summed E-state index contributed by atoms with van der Waals surface area (Å²) in [6.07, 6.45) is 8.78. The van der Waals surface area contributed by atoms with E-state index in [2.05, 4.69) is 25.7 Å². The Hall–Kier alpha value is -0.160. The van der Waals surface area contributed by atoms with E-state index in [1.54, 1.807) is 0 Å². The van der Waals surface area contributed by atoms with E-state index >= 15 is 0 Å². The van der Waals surface area contributed by atoms with Crippen molar-refractivity contribution < 1.29 is 15.3 Å². The van der Waals surface area contributed by atoms with E-state index in [-0.39, 0.29) is 29.5 Å². The van der Waals surface area contributed by atoms with Crippen molar-refractivity contribution in [3.63, 3.8) is 0 Å². The summed E-state index contributed by atoms with van der Waals surface area (Å²) in [7, 11) is 0. The molecule has 0 bridgehead atoms. The van der Waals surface area contributed by atoms with Gasteiger partial charge in [0.15, 0.2) is 0 Å². The maximum atomic E-state index is 12.3. The van der Waals surface area contributed by atoms with E-state index in [1.807, 2.05) is 0 Å². The van der Waals surface area contributed by atoms with Crippen molar-refractivity contribution in [3.05, 3.63) is 0 Å². The largest absolute Gasteiger partial charge is 0.393 e. The van der Waals surface area contributed by atoms with Crippen molar-refractivity contribution in [1.82, 2.24) is 4.90 Å². The molecule has 2 saturated heterocycles.